The third-order valence-corrected chi connectivity index (χ3v) is 4.51. The van der Waals surface area contributed by atoms with Crippen LogP contribution in [0.25, 0.3) is 11.0 Å². The monoisotopic (exact) mass is 363 g/mol. The van der Waals surface area contributed by atoms with Crippen molar-refractivity contribution in [3.05, 3.63) is 22.2 Å². The van der Waals surface area contributed by atoms with Crippen LogP contribution in [0.1, 0.15) is 0 Å². The number of fused-ring (bicyclic) bond motifs is 1. The van der Waals surface area contributed by atoms with Crippen LogP contribution in [0.15, 0.2) is 16.8 Å². The molecule has 1 aromatic heterocycles. The fourth-order valence-corrected chi connectivity index (χ4v) is 3.15. The maximum Gasteiger partial charge on any atom is 0.252 e. The Bertz CT molecular complexity index is 834. The Labute approximate surface area is 146 Å². The van der Waals surface area contributed by atoms with Gasteiger partial charge in [-0.1, -0.05) is 0 Å². The average molecular weight is 363 g/mol. The van der Waals surface area contributed by atoms with Crippen molar-refractivity contribution in [2.24, 2.45) is 0 Å². The average Bonchev–Trinajstić information content (AvgIpc) is 3.32. The zero-order valence-electron chi connectivity index (χ0n) is 13.7. The number of carbonyl (C=O) groups excluding carboxylic acids is 1. The van der Waals surface area contributed by atoms with Crippen LogP contribution in [-0.4, -0.2) is 66.1 Å². The standard InChI is InChI=1S/C14H17N7O5/c22-14(13-10(21(23)24)7-15-17-13)16-8-1-2-9(12-11(8)18-26-19-12)20-3-5-25-6-4-20/h1-2,10,13,15,17H,3-7H2,(H,16,22). The normalized spacial score (nSPS) is 23.3. The summed E-state index contributed by atoms with van der Waals surface area (Å²) in [5.41, 5.74) is 7.41. The number of nitrogens with zero attached hydrogens (tertiary/aromatic N) is 4. The number of hydrogen-bond donors (Lipinski definition) is 3. The number of carbonyl (C=O) groups is 1. The second-order valence-electron chi connectivity index (χ2n) is 6.04. The van der Waals surface area contributed by atoms with Crippen LogP contribution in [0.5, 0.6) is 0 Å². The smallest absolute Gasteiger partial charge is 0.252 e. The lowest BCUT2D eigenvalue weighted by Crippen LogP contribution is -2.46. The first-order valence-corrected chi connectivity index (χ1v) is 8.16. The number of aromatic nitrogens is 2. The van der Waals surface area contributed by atoms with Gasteiger partial charge in [-0.25, -0.2) is 15.5 Å². The van der Waals surface area contributed by atoms with E-state index in [-0.39, 0.29) is 6.54 Å². The van der Waals surface area contributed by atoms with Crippen molar-refractivity contribution in [1.29, 1.82) is 0 Å². The van der Waals surface area contributed by atoms with E-state index < -0.39 is 22.9 Å². The number of hydrazine groups is 1. The van der Waals surface area contributed by atoms with Gasteiger partial charge in [-0.15, -0.1) is 0 Å². The molecular formula is C14H17N7O5. The van der Waals surface area contributed by atoms with Gasteiger partial charge in [0.15, 0.2) is 17.1 Å². The van der Waals surface area contributed by atoms with E-state index in [0.29, 0.717) is 29.9 Å². The number of anilines is 2. The first kappa shape index (κ1) is 16.6. The van der Waals surface area contributed by atoms with Crippen LogP contribution in [0.4, 0.5) is 11.4 Å². The molecule has 12 heteroatoms. The van der Waals surface area contributed by atoms with Crippen LogP contribution in [0, 0.1) is 10.1 Å². The van der Waals surface area contributed by atoms with Crippen molar-refractivity contribution < 1.29 is 19.1 Å². The molecule has 12 nitrogen and oxygen atoms in total. The summed E-state index contributed by atoms with van der Waals surface area (Å²) in [5.74, 6) is -0.528. The number of nitrogens with one attached hydrogen (secondary N) is 3. The predicted molar refractivity (Wildman–Crippen MR) is 89.2 cm³/mol. The number of benzene rings is 1. The lowest BCUT2D eigenvalue weighted by molar-refractivity contribution is -0.517. The summed E-state index contributed by atoms with van der Waals surface area (Å²) >= 11 is 0. The number of ether oxygens (including phenoxy) is 1. The maximum absolute atomic E-state index is 12.5. The van der Waals surface area contributed by atoms with E-state index in [1.165, 1.54) is 0 Å². The maximum atomic E-state index is 12.5. The van der Waals surface area contributed by atoms with E-state index in [2.05, 4.69) is 31.4 Å². The molecule has 3 heterocycles. The summed E-state index contributed by atoms with van der Waals surface area (Å²) in [5, 5.41) is 21.6. The number of amides is 1. The van der Waals surface area contributed by atoms with E-state index in [9.17, 15) is 14.9 Å². The molecule has 2 fully saturated rings. The van der Waals surface area contributed by atoms with E-state index in [4.69, 9.17) is 9.37 Å². The van der Waals surface area contributed by atoms with E-state index in [1.807, 2.05) is 6.07 Å². The molecule has 0 aliphatic carbocycles. The van der Waals surface area contributed by atoms with Gasteiger partial charge in [0.25, 0.3) is 6.04 Å². The highest BCUT2D eigenvalue weighted by Crippen LogP contribution is 2.30. The number of hydrogen-bond acceptors (Lipinski definition) is 10. The van der Waals surface area contributed by atoms with Gasteiger partial charge in [0.1, 0.15) is 0 Å². The Morgan fingerprint density at radius 3 is 2.85 bits per heavy atom. The molecule has 4 rings (SSSR count). The molecule has 138 valence electrons. The number of nitro groups is 1. The summed E-state index contributed by atoms with van der Waals surface area (Å²) in [6.45, 7) is 2.75. The molecule has 26 heavy (non-hydrogen) atoms. The van der Waals surface area contributed by atoms with Gasteiger partial charge in [-0.2, -0.15) is 0 Å². The van der Waals surface area contributed by atoms with Gasteiger partial charge in [0, 0.05) is 18.0 Å². The zero-order valence-corrected chi connectivity index (χ0v) is 13.7. The fraction of sp³-hybridized carbons (Fsp3) is 0.500. The Kier molecular flexibility index (Phi) is 4.36. The van der Waals surface area contributed by atoms with Crippen molar-refractivity contribution >= 4 is 28.3 Å². The second-order valence-corrected chi connectivity index (χ2v) is 6.04. The summed E-state index contributed by atoms with van der Waals surface area (Å²) < 4.78 is 10.2. The van der Waals surface area contributed by atoms with Crippen LogP contribution in [0.2, 0.25) is 0 Å². The largest absolute Gasteiger partial charge is 0.378 e. The minimum absolute atomic E-state index is 0.0714. The molecule has 0 bridgehead atoms. The van der Waals surface area contributed by atoms with Crippen molar-refractivity contribution in [2.45, 2.75) is 12.1 Å². The lowest BCUT2D eigenvalue weighted by atomic mass is 10.1. The first-order chi connectivity index (χ1) is 12.6. The Morgan fingerprint density at radius 2 is 2.08 bits per heavy atom. The molecule has 2 aliphatic heterocycles. The van der Waals surface area contributed by atoms with Crippen LogP contribution in [0.3, 0.4) is 0 Å². The fourth-order valence-electron chi connectivity index (χ4n) is 3.15. The Balaban J connectivity index is 1.58. The van der Waals surface area contributed by atoms with Crippen molar-refractivity contribution in [3.8, 4) is 0 Å². The molecule has 3 N–H and O–H groups in total. The van der Waals surface area contributed by atoms with E-state index in [1.54, 1.807) is 6.07 Å². The molecule has 1 amide bonds. The molecule has 0 spiro atoms. The van der Waals surface area contributed by atoms with E-state index >= 15 is 0 Å². The highest BCUT2D eigenvalue weighted by atomic mass is 16.6. The highest BCUT2D eigenvalue weighted by molar-refractivity contribution is 6.04. The van der Waals surface area contributed by atoms with Crippen molar-refractivity contribution in [1.82, 2.24) is 21.2 Å². The third-order valence-electron chi connectivity index (χ3n) is 4.51. The van der Waals surface area contributed by atoms with Gasteiger partial charge in [0.2, 0.25) is 5.91 Å². The molecule has 2 unspecified atom stereocenters. The summed E-state index contributed by atoms with van der Waals surface area (Å²) in [6, 6.07) is 1.48. The van der Waals surface area contributed by atoms with Crippen molar-refractivity contribution in [3.63, 3.8) is 0 Å². The lowest BCUT2D eigenvalue weighted by Gasteiger charge is -2.28. The molecule has 2 aromatic rings. The minimum atomic E-state index is -1.05. The molecule has 2 atom stereocenters. The molecule has 1 aromatic carbocycles. The first-order valence-electron chi connectivity index (χ1n) is 8.16. The number of rotatable bonds is 4. The Morgan fingerprint density at radius 1 is 1.31 bits per heavy atom. The minimum Gasteiger partial charge on any atom is -0.378 e. The molecular weight excluding hydrogens is 346 g/mol. The van der Waals surface area contributed by atoms with Gasteiger partial charge in [0.05, 0.1) is 31.1 Å². The second kappa shape index (κ2) is 6.82. The third kappa shape index (κ3) is 2.94. The SMILES string of the molecule is O=C(Nc1ccc(N2CCOCC2)c2nonc12)C1NNCC1[N+](=O)[O-]. The van der Waals surface area contributed by atoms with Gasteiger partial charge < -0.3 is 15.0 Å². The Hall–Kier alpha value is -2.83. The summed E-state index contributed by atoms with van der Waals surface area (Å²) in [6.07, 6.45) is 0. The zero-order chi connectivity index (χ0) is 18.1. The van der Waals surface area contributed by atoms with E-state index in [0.717, 1.165) is 18.8 Å². The topological polar surface area (TPSA) is 148 Å². The quantitative estimate of drug-likeness (QED) is 0.462. The number of morpholine rings is 1. The van der Waals surface area contributed by atoms with Crippen LogP contribution in [-0.2, 0) is 9.53 Å². The summed E-state index contributed by atoms with van der Waals surface area (Å²) in [7, 11) is 0. The summed E-state index contributed by atoms with van der Waals surface area (Å²) in [4.78, 5) is 25.1. The highest BCUT2D eigenvalue weighted by Gasteiger charge is 2.41. The van der Waals surface area contributed by atoms with Gasteiger partial charge in [-0.05, 0) is 22.4 Å². The molecule has 0 radical (unpaired) electrons. The predicted octanol–water partition coefficient (Wildman–Crippen LogP) is -0.880. The molecule has 2 aliphatic rings. The molecule has 0 saturated carbocycles. The van der Waals surface area contributed by atoms with Crippen LogP contribution >= 0.6 is 0 Å². The van der Waals surface area contributed by atoms with Gasteiger partial charge in [-0.3, -0.25) is 14.9 Å². The van der Waals surface area contributed by atoms with Crippen LogP contribution < -0.4 is 21.1 Å². The van der Waals surface area contributed by atoms with Gasteiger partial charge >= 0.3 is 0 Å². The van der Waals surface area contributed by atoms with Crippen molar-refractivity contribution in [2.75, 3.05) is 43.1 Å². The molecule has 2 saturated heterocycles.